The van der Waals surface area contributed by atoms with Crippen molar-refractivity contribution in [2.24, 2.45) is 14.1 Å². The van der Waals surface area contributed by atoms with Gasteiger partial charge in [-0.1, -0.05) is 47.5 Å². The van der Waals surface area contributed by atoms with Gasteiger partial charge in [0.05, 0.1) is 6.54 Å². The number of imidazole rings is 1. The van der Waals surface area contributed by atoms with Crippen LogP contribution in [0.1, 0.15) is 22.3 Å². The fourth-order valence-electron chi connectivity index (χ4n) is 5.08. The van der Waals surface area contributed by atoms with Crippen LogP contribution < -0.4 is 21.5 Å². The Morgan fingerprint density at radius 1 is 0.947 bits per heavy atom. The van der Waals surface area contributed by atoms with Crippen molar-refractivity contribution in [2.75, 3.05) is 36.4 Å². The molecule has 10 heteroatoms. The smallest absolute Gasteiger partial charge is 0.332 e. The van der Waals surface area contributed by atoms with E-state index in [9.17, 15) is 9.59 Å². The lowest BCUT2D eigenvalue weighted by Gasteiger charge is -2.37. The summed E-state index contributed by atoms with van der Waals surface area (Å²) in [7, 11) is 3.17. The first kappa shape index (κ1) is 25.7. The van der Waals surface area contributed by atoms with Gasteiger partial charge in [0.2, 0.25) is 5.95 Å². The number of thiocarbonyl (C=S) groups is 1. The van der Waals surface area contributed by atoms with E-state index in [0.717, 1.165) is 26.9 Å². The molecule has 0 radical (unpaired) electrons. The van der Waals surface area contributed by atoms with Crippen molar-refractivity contribution in [1.82, 2.24) is 23.6 Å². The lowest BCUT2D eigenvalue weighted by atomic mass is 10.1. The summed E-state index contributed by atoms with van der Waals surface area (Å²) in [6.45, 7) is 9.46. The van der Waals surface area contributed by atoms with Crippen LogP contribution in [0.3, 0.4) is 0 Å². The van der Waals surface area contributed by atoms with E-state index in [1.807, 2.05) is 29.7 Å². The number of nitrogens with zero attached hydrogens (tertiary/aromatic N) is 6. The zero-order chi connectivity index (χ0) is 27.1. The number of rotatable bonds is 4. The Kier molecular flexibility index (Phi) is 6.83. The van der Waals surface area contributed by atoms with E-state index in [1.54, 1.807) is 7.05 Å². The number of anilines is 2. The van der Waals surface area contributed by atoms with Gasteiger partial charge in [-0.05, 0) is 50.2 Å². The van der Waals surface area contributed by atoms with Crippen LogP contribution in [-0.2, 0) is 20.6 Å². The summed E-state index contributed by atoms with van der Waals surface area (Å²) < 4.78 is 4.55. The maximum absolute atomic E-state index is 13.3. The molecule has 0 bridgehead atoms. The molecule has 198 valence electrons. The van der Waals surface area contributed by atoms with Crippen LogP contribution in [0, 0.1) is 20.8 Å². The van der Waals surface area contributed by atoms with Gasteiger partial charge in [-0.3, -0.25) is 18.5 Å². The Morgan fingerprint density at radius 2 is 1.66 bits per heavy atom. The molecule has 4 aromatic rings. The van der Waals surface area contributed by atoms with Crippen molar-refractivity contribution in [3.8, 4) is 0 Å². The number of aromatic nitrogens is 4. The van der Waals surface area contributed by atoms with Crippen LogP contribution in [0.2, 0.25) is 0 Å². The van der Waals surface area contributed by atoms with Gasteiger partial charge in [-0.15, -0.1) is 0 Å². The Hall–Kier alpha value is -3.92. The number of hydrogen-bond donors (Lipinski definition) is 1. The van der Waals surface area contributed by atoms with E-state index < -0.39 is 0 Å². The highest BCUT2D eigenvalue weighted by molar-refractivity contribution is 7.80. The first-order valence-corrected chi connectivity index (χ1v) is 13.1. The van der Waals surface area contributed by atoms with E-state index in [4.69, 9.17) is 17.2 Å². The van der Waals surface area contributed by atoms with Crippen LogP contribution in [0.5, 0.6) is 0 Å². The highest BCUT2D eigenvalue weighted by atomic mass is 32.1. The van der Waals surface area contributed by atoms with E-state index in [-0.39, 0.29) is 11.2 Å². The highest BCUT2D eigenvalue weighted by Crippen LogP contribution is 2.24. The van der Waals surface area contributed by atoms with Gasteiger partial charge in [0.15, 0.2) is 16.3 Å². The number of hydrogen-bond acceptors (Lipinski definition) is 5. The maximum atomic E-state index is 13.3. The Balaban J connectivity index is 1.45. The van der Waals surface area contributed by atoms with Gasteiger partial charge >= 0.3 is 5.69 Å². The molecule has 5 rings (SSSR count). The van der Waals surface area contributed by atoms with Gasteiger partial charge in [-0.25, -0.2) is 4.79 Å². The van der Waals surface area contributed by atoms with Crippen LogP contribution in [-0.4, -0.2) is 54.9 Å². The quantitative estimate of drug-likeness (QED) is 0.406. The average molecular weight is 532 g/mol. The molecular formula is C28H33N7O2S. The lowest BCUT2D eigenvalue weighted by molar-refractivity contribution is 0.386. The second-order valence-electron chi connectivity index (χ2n) is 10.1. The van der Waals surface area contributed by atoms with Gasteiger partial charge in [0, 0.05) is 46.0 Å². The molecule has 2 aromatic heterocycles. The molecule has 0 unspecified atom stereocenters. The Labute approximate surface area is 226 Å². The summed E-state index contributed by atoms with van der Waals surface area (Å²) in [6.07, 6.45) is 0. The largest absolute Gasteiger partial charge is 0.345 e. The monoisotopic (exact) mass is 531 g/mol. The highest BCUT2D eigenvalue weighted by Gasteiger charge is 2.26. The van der Waals surface area contributed by atoms with Crippen LogP contribution >= 0.6 is 12.2 Å². The molecule has 1 saturated heterocycles. The molecule has 2 aromatic carbocycles. The molecule has 3 heterocycles. The van der Waals surface area contributed by atoms with Gasteiger partial charge in [0.1, 0.15) is 0 Å². The molecule has 38 heavy (non-hydrogen) atoms. The average Bonchev–Trinajstić information content (AvgIpc) is 3.27. The maximum Gasteiger partial charge on any atom is 0.332 e. The summed E-state index contributed by atoms with van der Waals surface area (Å²) in [5, 5.41) is 4.09. The molecule has 1 aliphatic heterocycles. The van der Waals surface area contributed by atoms with Crippen molar-refractivity contribution < 1.29 is 0 Å². The summed E-state index contributed by atoms with van der Waals surface area (Å²) in [4.78, 5) is 35.1. The van der Waals surface area contributed by atoms with Crippen LogP contribution in [0.25, 0.3) is 11.2 Å². The third-order valence-corrected chi connectivity index (χ3v) is 7.58. The van der Waals surface area contributed by atoms with Crippen molar-refractivity contribution in [3.63, 3.8) is 0 Å². The molecule has 0 saturated carbocycles. The molecule has 0 aliphatic carbocycles. The molecule has 1 N–H and O–H groups in total. The molecule has 0 atom stereocenters. The molecule has 1 fully saturated rings. The van der Waals surface area contributed by atoms with Crippen molar-refractivity contribution in [2.45, 2.75) is 27.3 Å². The lowest BCUT2D eigenvalue weighted by Crippen LogP contribution is -2.50. The predicted molar refractivity (Wildman–Crippen MR) is 156 cm³/mol. The topological polar surface area (TPSA) is 80.3 Å². The molecular weight excluding hydrogens is 498 g/mol. The van der Waals surface area contributed by atoms with E-state index >= 15 is 0 Å². The zero-order valence-corrected chi connectivity index (χ0v) is 23.3. The van der Waals surface area contributed by atoms with E-state index in [2.05, 4.69) is 53.2 Å². The Bertz CT molecular complexity index is 1660. The molecule has 0 spiro atoms. The number of fused-ring (bicyclic) bond motifs is 1. The van der Waals surface area contributed by atoms with Crippen molar-refractivity contribution in [3.05, 3.63) is 85.6 Å². The fraction of sp³-hybridized carbons (Fsp3) is 0.357. The normalized spacial score (nSPS) is 13.8. The van der Waals surface area contributed by atoms with Crippen LogP contribution in [0.4, 0.5) is 11.6 Å². The summed E-state index contributed by atoms with van der Waals surface area (Å²) >= 11 is 5.74. The third-order valence-electron chi connectivity index (χ3n) is 7.22. The van der Waals surface area contributed by atoms with Gasteiger partial charge < -0.3 is 15.1 Å². The number of benzene rings is 2. The van der Waals surface area contributed by atoms with E-state index in [0.29, 0.717) is 54.9 Å². The minimum atomic E-state index is -0.387. The summed E-state index contributed by atoms with van der Waals surface area (Å²) in [5.74, 6) is 0.688. The number of piperazine rings is 1. The first-order chi connectivity index (χ1) is 18.1. The van der Waals surface area contributed by atoms with Gasteiger partial charge in [0.25, 0.3) is 5.56 Å². The molecule has 1 aliphatic rings. The van der Waals surface area contributed by atoms with Crippen molar-refractivity contribution >= 4 is 40.1 Å². The minimum Gasteiger partial charge on any atom is -0.345 e. The fourth-order valence-corrected chi connectivity index (χ4v) is 5.37. The number of aryl methyl sites for hydroxylation is 4. The first-order valence-electron chi connectivity index (χ1n) is 12.7. The van der Waals surface area contributed by atoms with E-state index in [1.165, 1.54) is 17.2 Å². The minimum absolute atomic E-state index is 0.341. The second-order valence-corrected chi connectivity index (χ2v) is 10.5. The SMILES string of the molecule is Cc1cccc(Cn2c(N3CCN(C(=S)Nc4ccc(C)cc4C)CC3)nc3c2c(=O)n(C)c(=O)n3C)c1. The second kappa shape index (κ2) is 10.1. The summed E-state index contributed by atoms with van der Waals surface area (Å²) in [5.41, 5.74) is 5.70. The Morgan fingerprint density at radius 3 is 2.34 bits per heavy atom. The van der Waals surface area contributed by atoms with Gasteiger partial charge in [-0.2, -0.15) is 4.98 Å². The van der Waals surface area contributed by atoms with Crippen LogP contribution in [0.15, 0.2) is 52.1 Å². The molecule has 9 nitrogen and oxygen atoms in total. The predicted octanol–water partition coefficient (Wildman–Crippen LogP) is 2.93. The van der Waals surface area contributed by atoms with Crippen molar-refractivity contribution in [1.29, 1.82) is 0 Å². The number of nitrogens with one attached hydrogen (secondary N) is 1. The third kappa shape index (κ3) is 4.71. The molecule has 0 amide bonds. The standard InChI is InChI=1S/C28H33N7O2S/c1-18-7-6-8-21(16-18)17-35-23-24(31(4)28(37)32(5)25(23)36)30-26(35)33-11-13-34(14-12-33)27(38)29-22-10-9-19(2)15-20(22)3/h6-10,15-16H,11-14,17H2,1-5H3,(H,29,38). The zero-order valence-electron chi connectivity index (χ0n) is 22.5. The summed E-state index contributed by atoms with van der Waals surface area (Å²) in [6, 6.07) is 14.5.